The second-order valence-corrected chi connectivity index (χ2v) is 5.56. The Morgan fingerprint density at radius 2 is 1.33 bits per heavy atom. The fourth-order valence-corrected chi connectivity index (χ4v) is 4.30. The van der Waals surface area contributed by atoms with E-state index in [2.05, 4.69) is 22.9 Å². The second-order valence-electron chi connectivity index (χ2n) is 4.77. The minimum absolute atomic E-state index is 1.23. The lowest BCUT2D eigenvalue weighted by molar-refractivity contribution is 0.884. The number of fused-ring (bicyclic) bond motifs is 2. The smallest absolute Gasteiger partial charge is 0.0245 e. The van der Waals surface area contributed by atoms with Gasteiger partial charge >= 0.3 is 0 Å². The maximum atomic E-state index is 3.85. The number of hydrogen-bond acceptors (Lipinski definition) is 0. The van der Waals surface area contributed by atoms with Crippen LogP contribution in [0.15, 0.2) is 4.47 Å². The third-order valence-corrected chi connectivity index (χ3v) is 5.00. The van der Waals surface area contributed by atoms with E-state index in [0.29, 0.717) is 0 Å². The van der Waals surface area contributed by atoms with Crippen molar-refractivity contribution in [1.29, 1.82) is 0 Å². The fourth-order valence-electron chi connectivity index (χ4n) is 3.43. The Bertz CT molecular complexity index is 383. The van der Waals surface area contributed by atoms with Gasteiger partial charge in [0, 0.05) is 4.47 Å². The van der Waals surface area contributed by atoms with Crippen molar-refractivity contribution in [2.75, 3.05) is 0 Å². The predicted octanol–water partition coefficient (Wildman–Crippen LogP) is 3.99. The molecule has 0 radical (unpaired) electrons. The molecule has 1 aromatic rings. The Morgan fingerprint density at radius 3 is 1.80 bits per heavy atom. The van der Waals surface area contributed by atoms with Crippen LogP contribution >= 0.6 is 15.9 Å². The van der Waals surface area contributed by atoms with Gasteiger partial charge in [0.2, 0.25) is 0 Å². The van der Waals surface area contributed by atoms with Crippen LogP contribution in [0.25, 0.3) is 0 Å². The van der Waals surface area contributed by atoms with Crippen LogP contribution in [0.2, 0.25) is 0 Å². The van der Waals surface area contributed by atoms with E-state index in [1.165, 1.54) is 49.4 Å². The lowest BCUT2D eigenvalue weighted by atomic mass is 9.93. The summed E-state index contributed by atoms with van der Waals surface area (Å²) in [7, 11) is 0. The summed E-state index contributed by atoms with van der Waals surface area (Å²) in [5.74, 6) is 0. The Balaban J connectivity index is 2.31. The molecule has 0 saturated carbocycles. The average molecular weight is 265 g/mol. The van der Waals surface area contributed by atoms with Crippen molar-refractivity contribution in [3.05, 3.63) is 32.3 Å². The molecule has 0 fully saturated rings. The highest BCUT2D eigenvalue weighted by atomic mass is 79.9. The van der Waals surface area contributed by atoms with Crippen molar-refractivity contribution in [3.8, 4) is 0 Å². The Kier molecular flexibility index (Phi) is 2.39. The van der Waals surface area contributed by atoms with Gasteiger partial charge in [0.1, 0.15) is 0 Å². The summed E-state index contributed by atoms with van der Waals surface area (Å²) in [6.45, 7) is 2.32. The van der Waals surface area contributed by atoms with Gasteiger partial charge < -0.3 is 0 Å². The van der Waals surface area contributed by atoms with E-state index in [1.807, 2.05) is 0 Å². The summed E-state index contributed by atoms with van der Waals surface area (Å²) >= 11 is 3.85. The van der Waals surface area contributed by atoms with E-state index in [0.717, 1.165) is 0 Å². The molecule has 1 aromatic carbocycles. The van der Waals surface area contributed by atoms with E-state index in [9.17, 15) is 0 Å². The van der Waals surface area contributed by atoms with Crippen molar-refractivity contribution in [1.82, 2.24) is 0 Å². The van der Waals surface area contributed by atoms with Crippen LogP contribution in [-0.2, 0) is 32.1 Å². The maximum absolute atomic E-state index is 3.85. The first-order valence-electron chi connectivity index (χ1n) is 6.16. The number of hydrogen-bond donors (Lipinski definition) is 0. The average Bonchev–Trinajstić information content (AvgIpc) is 2.85. The van der Waals surface area contributed by atoms with Crippen molar-refractivity contribution >= 4 is 15.9 Å². The first kappa shape index (κ1) is 9.89. The minimum Gasteiger partial charge on any atom is -0.0613 e. The number of benzene rings is 1. The highest BCUT2D eigenvalue weighted by Crippen LogP contribution is 2.41. The molecule has 0 aliphatic heterocycles. The zero-order chi connectivity index (χ0) is 10.4. The van der Waals surface area contributed by atoms with E-state index in [-0.39, 0.29) is 0 Å². The summed E-state index contributed by atoms with van der Waals surface area (Å²) in [6.07, 6.45) is 9.22. The molecular formula is C14H17Br. The molecule has 1 heteroatoms. The molecule has 80 valence electrons. The Morgan fingerprint density at radius 1 is 0.867 bits per heavy atom. The monoisotopic (exact) mass is 264 g/mol. The van der Waals surface area contributed by atoms with Crippen molar-refractivity contribution in [2.45, 2.75) is 51.9 Å². The highest BCUT2D eigenvalue weighted by molar-refractivity contribution is 9.10. The molecular weight excluding hydrogens is 248 g/mol. The standard InChI is InChI=1S/C14H17Br/c1-2-9-10-5-3-7-12(10)14(15)13-8-4-6-11(9)13/h2-8H2,1H3. The minimum atomic E-state index is 1.23. The molecule has 3 rings (SSSR count). The molecule has 0 amide bonds. The molecule has 2 aliphatic carbocycles. The third kappa shape index (κ3) is 1.32. The molecule has 0 unspecified atom stereocenters. The highest BCUT2D eigenvalue weighted by Gasteiger charge is 2.26. The SMILES string of the molecule is CCc1c2c(c(Br)c3c1CCC3)CCC2. The predicted molar refractivity (Wildman–Crippen MR) is 67.6 cm³/mol. The molecule has 0 bridgehead atoms. The van der Waals surface area contributed by atoms with Crippen LogP contribution < -0.4 is 0 Å². The van der Waals surface area contributed by atoms with Crippen LogP contribution in [-0.4, -0.2) is 0 Å². The molecule has 0 heterocycles. The van der Waals surface area contributed by atoms with Gasteiger partial charge in [-0.05, 0) is 72.8 Å². The second kappa shape index (κ2) is 3.62. The van der Waals surface area contributed by atoms with Crippen LogP contribution in [0.4, 0.5) is 0 Å². The topological polar surface area (TPSA) is 0 Å². The normalized spacial score (nSPS) is 18.0. The zero-order valence-electron chi connectivity index (χ0n) is 9.33. The molecule has 2 aliphatic rings. The molecule has 0 saturated heterocycles. The summed E-state index contributed by atoms with van der Waals surface area (Å²) < 4.78 is 1.47. The molecule has 0 nitrogen and oxygen atoms in total. The Hall–Kier alpha value is -0.300. The van der Waals surface area contributed by atoms with Crippen LogP contribution in [0, 0.1) is 0 Å². The molecule has 15 heavy (non-hydrogen) atoms. The Labute approximate surface area is 100 Å². The summed E-state index contributed by atoms with van der Waals surface area (Å²) in [5.41, 5.74) is 8.40. The number of halogens is 1. The lowest BCUT2D eigenvalue weighted by Gasteiger charge is -2.15. The van der Waals surface area contributed by atoms with E-state index in [4.69, 9.17) is 0 Å². The first-order valence-corrected chi connectivity index (χ1v) is 6.96. The van der Waals surface area contributed by atoms with Crippen molar-refractivity contribution in [3.63, 3.8) is 0 Å². The van der Waals surface area contributed by atoms with Gasteiger partial charge in [-0.15, -0.1) is 0 Å². The van der Waals surface area contributed by atoms with Crippen LogP contribution in [0.1, 0.15) is 47.6 Å². The summed E-state index contributed by atoms with van der Waals surface area (Å²) in [4.78, 5) is 0. The lowest BCUT2D eigenvalue weighted by Crippen LogP contribution is -2.01. The number of rotatable bonds is 1. The van der Waals surface area contributed by atoms with E-state index >= 15 is 0 Å². The fraction of sp³-hybridized carbons (Fsp3) is 0.571. The van der Waals surface area contributed by atoms with Gasteiger partial charge in [-0.25, -0.2) is 0 Å². The van der Waals surface area contributed by atoms with Gasteiger partial charge in [0.05, 0.1) is 0 Å². The molecule has 0 N–H and O–H groups in total. The van der Waals surface area contributed by atoms with E-state index < -0.39 is 0 Å². The molecule has 0 spiro atoms. The van der Waals surface area contributed by atoms with Crippen LogP contribution in [0.3, 0.4) is 0 Å². The van der Waals surface area contributed by atoms with Gasteiger partial charge in [-0.2, -0.15) is 0 Å². The van der Waals surface area contributed by atoms with Gasteiger partial charge in [0.15, 0.2) is 0 Å². The van der Waals surface area contributed by atoms with Gasteiger partial charge in [0.25, 0.3) is 0 Å². The quantitative estimate of drug-likeness (QED) is 0.720. The van der Waals surface area contributed by atoms with Crippen molar-refractivity contribution in [2.24, 2.45) is 0 Å². The van der Waals surface area contributed by atoms with E-state index in [1.54, 1.807) is 27.8 Å². The van der Waals surface area contributed by atoms with Crippen molar-refractivity contribution < 1.29 is 0 Å². The zero-order valence-corrected chi connectivity index (χ0v) is 10.9. The third-order valence-electron chi connectivity index (χ3n) is 4.05. The van der Waals surface area contributed by atoms with Gasteiger partial charge in [-0.3, -0.25) is 0 Å². The van der Waals surface area contributed by atoms with Crippen LogP contribution in [0.5, 0.6) is 0 Å². The summed E-state index contributed by atoms with van der Waals surface area (Å²) in [5, 5.41) is 0. The summed E-state index contributed by atoms with van der Waals surface area (Å²) in [6, 6.07) is 0. The molecule has 0 atom stereocenters. The van der Waals surface area contributed by atoms with Gasteiger partial charge in [-0.1, -0.05) is 22.9 Å². The molecule has 0 aromatic heterocycles. The first-order chi connectivity index (χ1) is 7.33. The largest absolute Gasteiger partial charge is 0.0613 e. The maximum Gasteiger partial charge on any atom is 0.0245 e.